The van der Waals surface area contributed by atoms with Crippen LogP contribution in [0.4, 0.5) is 0 Å². The summed E-state index contributed by atoms with van der Waals surface area (Å²) in [6, 6.07) is 20.0. The van der Waals surface area contributed by atoms with Gasteiger partial charge in [0.15, 0.2) is 0 Å². The third-order valence-electron chi connectivity index (χ3n) is 5.38. The van der Waals surface area contributed by atoms with E-state index in [1.54, 1.807) is 0 Å². The minimum atomic E-state index is -0.373. The molecule has 30 heavy (non-hydrogen) atoms. The van der Waals surface area contributed by atoms with Crippen molar-refractivity contribution < 1.29 is 9.53 Å². The van der Waals surface area contributed by atoms with Gasteiger partial charge in [-0.25, -0.2) is 9.78 Å². The van der Waals surface area contributed by atoms with Crippen LogP contribution < -0.4 is 0 Å². The highest BCUT2D eigenvalue weighted by Gasteiger charge is 2.28. The lowest BCUT2D eigenvalue weighted by molar-refractivity contribution is -0.147. The summed E-state index contributed by atoms with van der Waals surface area (Å²) in [5.41, 5.74) is 3.99. The number of hydrogen-bond donors (Lipinski definition) is 0. The first kappa shape index (κ1) is 21.8. The van der Waals surface area contributed by atoms with Crippen molar-refractivity contribution in [3.63, 3.8) is 0 Å². The average molecular weight is 405 g/mol. The number of ether oxygens (including phenoxy) is 1. The molecule has 3 rings (SSSR count). The molecule has 2 aromatic carbocycles. The second-order valence-corrected chi connectivity index (χ2v) is 7.58. The number of rotatable bonds is 10. The maximum Gasteiger partial charge on any atom is 0.329 e. The SMILES string of the molecule is CCCCCCC(C(=O)OCC)n1c(C)nc(-c2ccccc2)c1-c1ccccc1. The normalized spacial score (nSPS) is 12.0. The van der Waals surface area contributed by atoms with E-state index in [0.29, 0.717) is 6.61 Å². The van der Waals surface area contributed by atoms with Crippen LogP contribution in [0.25, 0.3) is 22.5 Å². The zero-order valence-corrected chi connectivity index (χ0v) is 18.3. The molecule has 0 N–H and O–H groups in total. The molecule has 0 radical (unpaired) electrons. The molecule has 3 aromatic rings. The number of hydrogen-bond acceptors (Lipinski definition) is 3. The number of carbonyl (C=O) groups is 1. The van der Waals surface area contributed by atoms with Gasteiger partial charge in [-0.2, -0.15) is 0 Å². The van der Waals surface area contributed by atoms with Gasteiger partial charge < -0.3 is 9.30 Å². The zero-order chi connectivity index (χ0) is 21.3. The molecule has 0 saturated heterocycles. The molecule has 0 spiro atoms. The zero-order valence-electron chi connectivity index (χ0n) is 18.3. The lowest BCUT2D eigenvalue weighted by atomic mass is 10.0. The van der Waals surface area contributed by atoms with Gasteiger partial charge >= 0.3 is 5.97 Å². The van der Waals surface area contributed by atoms with Crippen molar-refractivity contribution in [3.8, 4) is 22.5 Å². The van der Waals surface area contributed by atoms with Crippen LogP contribution in [0.15, 0.2) is 60.7 Å². The topological polar surface area (TPSA) is 44.1 Å². The molecule has 1 atom stereocenters. The van der Waals surface area contributed by atoms with Crippen LogP contribution in [0.2, 0.25) is 0 Å². The Hall–Kier alpha value is -2.88. The van der Waals surface area contributed by atoms with Gasteiger partial charge in [0.1, 0.15) is 11.9 Å². The lowest BCUT2D eigenvalue weighted by Gasteiger charge is -2.22. The van der Waals surface area contributed by atoms with E-state index in [4.69, 9.17) is 9.72 Å². The molecule has 158 valence electrons. The molecule has 1 unspecified atom stereocenters. The van der Waals surface area contributed by atoms with E-state index in [2.05, 4.69) is 35.8 Å². The minimum absolute atomic E-state index is 0.175. The number of aromatic nitrogens is 2. The second kappa shape index (κ2) is 10.8. The van der Waals surface area contributed by atoms with Gasteiger partial charge in [-0.05, 0) is 20.3 Å². The third kappa shape index (κ3) is 4.99. The van der Waals surface area contributed by atoms with Crippen LogP contribution in [0.1, 0.15) is 57.8 Å². The molecule has 1 heterocycles. The van der Waals surface area contributed by atoms with Gasteiger partial charge in [-0.3, -0.25) is 0 Å². The Balaban J connectivity index is 2.13. The summed E-state index contributed by atoms with van der Waals surface area (Å²) >= 11 is 0. The van der Waals surface area contributed by atoms with Crippen LogP contribution in [0, 0.1) is 6.92 Å². The average Bonchev–Trinajstić information content (AvgIpc) is 3.12. The molecule has 0 aliphatic carbocycles. The van der Waals surface area contributed by atoms with Gasteiger partial charge in [0.05, 0.1) is 18.0 Å². The van der Waals surface area contributed by atoms with Crippen molar-refractivity contribution >= 4 is 5.97 Å². The molecule has 0 amide bonds. The number of esters is 1. The van der Waals surface area contributed by atoms with Crippen molar-refractivity contribution in [2.24, 2.45) is 0 Å². The Bertz CT molecular complexity index is 932. The highest BCUT2D eigenvalue weighted by atomic mass is 16.5. The fourth-order valence-electron chi connectivity index (χ4n) is 3.95. The van der Waals surface area contributed by atoms with Crippen molar-refractivity contribution in [2.45, 2.75) is 58.9 Å². The Morgan fingerprint density at radius 1 is 0.933 bits per heavy atom. The van der Waals surface area contributed by atoms with E-state index in [1.807, 2.05) is 50.2 Å². The summed E-state index contributed by atoms with van der Waals surface area (Å²) in [4.78, 5) is 17.9. The number of carbonyl (C=O) groups excluding carboxylic acids is 1. The lowest BCUT2D eigenvalue weighted by Crippen LogP contribution is -2.24. The largest absolute Gasteiger partial charge is 0.464 e. The highest BCUT2D eigenvalue weighted by Crippen LogP contribution is 2.36. The second-order valence-electron chi connectivity index (χ2n) is 7.58. The summed E-state index contributed by atoms with van der Waals surface area (Å²) in [6.07, 6.45) is 5.21. The van der Waals surface area contributed by atoms with E-state index in [9.17, 15) is 4.79 Å². The van der Waals surface area contributed by atoms with Crippen molar-refractivity contribution in [2.75, 3.05) is 6.61 Å². The van der Waals surface area contributed by atoms with Crippen LogP contribution in [-0.2, 0) is 9.53 Å². The molecule has 0 aliphatic heterocycles. The summed E-state index contributed by atoms with van der Waals surface area (Å²) in [6.45, 7) is 6.42. The molecule has 1 aromatic heterocycles. The van der Waals surface area contributed by atoms with Crippen molar-refractivity contribution in [1.29, 1.82) is 0 Å². The van der Waals surface area contributed by atoms with Gasteiger partial charge in [0.2, 0.25) is 0 Å². The van der Waals surface area contributed by atoms with Crippen LogP contribution in [-0.4, -0.2) is 22.1 Å². The molecule has 0 saturated carbocycles. The van der Waals surface area contributed by atoms with E-state index in [1.165, 1.54) is 12.8 Å². The van der Waals surface area contributed by atoms with Gasteiger partial charge in [0, 0.05) is 11.1 Å². The number of imidazole rings is 1. The standard InChI is InChI=1S/C26H32N2O2/c1-4-6-7-14-19-23(26(29)30-5-2)28-20(3)27-24(21-15-10-8-11-16-21)25(28)22-17-12-9-13-18-22/h8-13,15-18,23H,4-7,14,19H2,1-3H3. The molecular weight excluding hydrogens is 372 g/mol. The number of unbranched alkanes of at least 4 members (excludes halogenated alkanes) is 3. The quantitative estimate of drug-likeness (QED) is 0.282. The Morgan fingerprint density at radius 3 is 2.17 bits per heavy atom. The van der Waals surface area contributed by atoms with Crippen molar-refractivity contribution in [3.05, 3.63) is 66.5 Å². The van der Waals surface area contributed by atoms with E-state index in [0.717, 1.165) is 47.6 Å². The fraction of sp³-hybridized carbons (Fsp3) is 0.385. The van der Waals surface area contributed by atoms with Crippen molar-refractivity contribution in [1.82, 2.24) is 9.55 Å². The maximum atomic E-state index is 13.0. The number of aryl methyl sites for hydroxylation is 1. The third-order valence-corrected chi connectivity index (χ3v) is 5.38. The maximum absolute atomic E-state index is 13.0. The number of nitrogens with zero attached hydrogens (tertiary/aromatic N) is 2. The fourth-order valence-corrected chi connectivity index (χ4v) is 3.95. The van der Waals surface area contributed by atoms with Crippen LogP contribution in [0.5, 0.6) is 0 Å². The number of benzene rings is 2. The van der Waals surface area contributed by atoms with E-state index in [-0.39, 0.29) is 12.0 Å². The molecular formula is C26H32N2O2. The molecule has 4 nitrogen and oxygen atoms in total. The summed E-state index contributed by atoms with van der Waals surface area (Å²) in [7, 11) is 0. The molecule has 0 bridgehead atoms. The van der Waals surface area contributed by atoms with Crippen LogP contribution >= 0.6 is 0 Å². The molecule has 4 heteroatoms. The van der Waals surface area contributed by atoms with Crippen LogP contribution in [0.3, 0.4) is 0 Å². The highest BCUT2D eigenvalue weighted by molar-refractivity contribution is 5.82. The molecule has 0 aliphatic rings. The van der Waals surface area contributed by atoms with Gasteiger partial charge in [-0.15, -0.1) is 0 Å². The summed E-state index contributed by atoms with van der Waals surface area (Å²) in [5.74, 6) is 0.660. The molecule has 0 fully saturated rings. The summed E-state index contributed by atoms with van der Waals surface area (Å²) in [5, 5.41) is 0. The smallest absolute Gasteiger partial charge is 0.329 e. The Morgan fingerprint density at radius 2 is 1.57 bits per heavy atom. The monoisotopic (exact) mass is 404 g/mol. The predicted molar refractivity (Wildman–Crippen MR) is 122 cm³/mol. The van der Waals surface area contributed by atoms with E-state index >= 15 is 0 Å². The first-order valence-corrected chi connectivity index (χ1v) is 11.0. The first-order valence-electron chi connectivity index (χ1n) is 11.0. The van der Waals surface area contributed by atoms with Gasteiger partial charge in [0.25, 0.3) is 0 Å². The minimum Gasteiger partial charge on any atom is -0.464 e. The summed E-state index contributed by atoms with van der Waals surface area (Å²) < 4.78 is 7.59. The van der Waals surface area contributed by atoms with E-state index < -0.39 is 0 Å². The Kier molecular flexibility index (Phi) is 7.83. The van der Waals surface area contributed by atoms with Gasteiger partial charge in [-0.1, -0.05) is 93.3 Å². The Labute approximate surface area is 179 Å². The predicted octanol–water partition coefficient (Wildman–Crippen LogP) is 6.60. The first-order chi connectivity index (χ1) is 14.7.